The molecule has 0 aliphatic carbocycles. The zero-order valence-electron chi connectivity index (χ0n) is 20.8. The number of thiazole rings is 1. The average molecular weight is 535 g/mol. The number of non-ortho nitro benzene ring substituents is 1. The molecule has 0 spiro atoms. The lowest BCUT2D eigenvalue weighted by atomic mass is 10.1. The van der Waals surface area contributed by atoms with Gasteiger partial charge in [-0.15, -0.1) is 0 Å². The fraction of sp³-hybridized carbons (Fsp3) is 0.0333. The van der Waals surface area contributed by atoms with Gasteiger partial charge in [0.25, 0.3) is 5.69 Å². The Kier molecular flexibility index (Phi) is 7.51. The molecule has 0 atom stereocenters. The molecule has 0 bridgehead atoms. The van der Waals surface area contributed by atoms with Gasteiger partial charge in [0.1, 0.15) is 5.75 Å². The Labute approximate surface area is 228 Å². The van der Waals surface area contributed by atoms with E-state index in [0.717, 1.165) is 21.7 Å². The Morgan fingerprint density at radius 1 is 0.923 bits per heavy atom. The van der Waals surface area contributed by atoms with Crippen molar-refractivity contribution in [3.63, 3.8) is 0 Å². The molecule has 9 heteroatoms. The van der Waals surface area contributed by atoms with Gasteiger partial charge in [0.05, 0.1) is 27.3 Å². The monoisotopic (exact) mass is 534 g/mol. The van der Waals surface area contributed by atoms with Crippen LogP contribution in [0.4, 0.5) is 10.8 Å². The maximum atomic E-state index is 12.6. The number of nitro groups is 1. The number of rotatable bonds is 8. The minimum absolute atomic E-state index is 0.103. The number of hydrogen-bond donors (Lipinski definition) is 1. The number of aromatic nitrogens is 1. The molecule has 5 rings (SSSR count). The van der Waals surface area contributed by atoms with E-state index < -0.39 is 10.9 Å². The second kappa shape index (κ2) is 11.5. The molecule has 0 unspecified atom stereocenters. The second-order valence-corrected chi connectivity index (χ2v) is 9.53. The smallest absolute Gasteiger partial charge is 0.343 e. The minimum Gasteiger partial charge on any atom is -0.422 e. The Hall–Kier alpha value is -5.15. The first-order valence-electron chi connectivity index (χ1n) is 12.0. The van der Waals surface area contributed by atoms with Gasteiger partial charge in [0.15, 0.2) is 0 Å². The van der Waals surface area contributed by atoms with Gasteiger partial charge in [-0.25, -0.2) is 9.78 Å². The molecule has 0 aliphatic rings. The van der Waals surface area contributed by atoms with E-state index in [1.807, 2.05) is 37.3 Å². The van der Waals surface area contributed by atoms with E-state index >= 15 is 0 Å². The summed E-state index contributed by atoms with van der Waals surface area (Å²) in [5.74, 6) is -0.329. The topological polar surface area (TPSA) is 107 Å². The summed E-state index contributed by atoms with van der Waals surface area (Å²) in [6.07, 6.45) is 1.55. The van der Waals surface area contributed by atoms with Crippen LogP contribution < -0.4 is 10.2 Å². The molecular weight excluding hydrogens is 512 g/mol. The number of hydrazone groups is 1. The lowest BCUT2D eigenvalue weighted by molar-refractivity contribution is -0.384. The molecule has 0 aliphatic heterocycles. The van der Waals surface area contributed by atoms with E-state index in [1.165, 1.54) is 41.2 Å². The van der Waals surface area contributed by atoms with Crippen molar-refractivity contribution in [2.45, 2.75) is 6.92 Å². The number of nitrogens with one attached hydrogen (secondary N) is 1. The quantitative estimate of drug-likeness (QED) is 0.0733. The third-order valence-electron chi connectivity index (χ3n) is 5.79. The number of nitro benzene ring substituents is 1. The van der Waals surface area contributed by atoms with Gasteiger partial charge in [-0.2, -0.15) is 5.10 Å². The predicted octanol–water partition coefficient (Wildman–Crippen LogP) is 7.36. The van der Waals surface area contributed by atoms with Crippen LogP contribution in [0.15, 0.2) is 108 Å². The molecule has 39 heavy (non-hydrogen) atoms. The third kappa shape index (κ3) is 6.06. The first-order chi connectivity index (χ1) is 19.0. The van der Waals surface area contributed by atoms with Crippen LogP contribution in [0.25, 0.3) is 21.7 Å². The van der Waals surface area contributed by atoms with Gasteiger partial charge in [-0.1, -0.05) is 83.6 Å². The number of aryl methyl sites for hydroxylation is 1. The fourth-order valence-electron chi connectivity index (χ4n) is 3.78. The lowest BCUT2D eigenvalue weighted by Crippen LogP contribution is -2.10. The van der Waals surface area contributed by atoms with E-state index in [4.69, 9.17) is 9.72 Å². The number of carbonyl (C=O) groups is 1. The van der Waals surface area contributed by atoms with Gasteiger partial charge in [0, 0.05) is 23.3 Å². The molecule has 1 aromatic heterocycles. The highest BCUT2D eigenvalue weighted by Gasteiger charge is 2.16. The van der Waals surface area contributed by atoms with E-state index in [2.05, 4.69) is 34.8 Å². The van der Waals surface area contributed by atoms with Crippen LogP contribution in [-0.2, 0) is 0 Å². The summed E-state index contributed by atoms with van der Waals surface area (Å²) < 4.78 is 5.54. The van der Waals surface area contributed by atoms with Crippen molar-refractivity contribution < 1.29 is 14.5 Å². The number of nitrogens with zero attached hydrogens (tertiary/aromatic N) is 3. The molecule has 5 aromatic rings. The number of esters is 1. The second-order valence-electron chi connectivity index (χ2n) is 8.53. The Morgan fingerprint density at radius 2 is 1.62 bits per heavy atom. The molecule has 0 fully saturated rings. The van der Waals surface area contributed by atoms with Crippen molar-refractivity contribution in [1.29, 1.82) is 0 Å². The van der Waals surface area contributed by atoms with Crippen molar-refractivity contribution >= 4 is 34.3 Å². The highest BCUT2D eigenvalue weighted by atomic mass is 32.1. The maximum Gasteiger partial charge on any atom is 0.343 e. The summed E-state index contributed by atoms with van der Waals surface area (Å²) >= 11 is 1.49. The minimum atomic E-state index is -0.631. The normalized spacial score (nSPS) is 10.9. The van der Waals surface area contributed by atoms with Gasteiger partial charge in [0.2, 0.25) is 5.13 Å². The number of hydrogen-bond acceptors (Lipinski definition) is 8. The Morgan fingerprint density at radius 3 is 2.33 bits per heavy atom. The summed E-state index contributed by atoms with van der Waals surface area (Å²) in [6.45, 7) is 2.05. The van der Waals surface area contributed by atoms with E-state index in [1.54, 1.807) is 30.5 Å². The van der Waals surface area contributed by atoms with Crippen LogP contribution in [0.3, 0.4) is 0 Å². The van der Waals surface area contributed by atoms with E-state index in [9.17, 15) is 14.9 Å². The number of anilines is 1. The summed E-state index contributed by atoms with van der Waals surface area (Å²) in [4.78, 5) is 28.8. The molecule has 1 heterocycles. The van der Waals surface area contributed by atoms with Crippen molar-refractivity contribution in [2.24, 2.45) is 5.10 Å². The number of ether oxygens (including phenoxy) is 1. The highest BCUT2D eigenvalue weighted by molar-refractivity contribution is 7.19. The summed E-state index contributed by atoms with van der Waals surface area (Å²) in [5, 5.41) is 15.8. The van der Waals surface area contributed by atoms with Crippen molar-refractivity contribution in [2.75, 3.05) is 5.43 Å². The van der Waals surface area contributed by atoms with Crippen LogP contribution in [-0.4, -0.2) is 22.1 Å². The molecule has 0 saturated carbocycles. The number of carbonyl (C=O) groups excluding carboxylic acids is 1. The molecule has 0 radical (unpaired) electrons. The van der Waals surface area contributed by atoms with Crippen LogP contribution in [0.5, 0.6) is 5.75 Å². The summed E-state index contributed by atoms with van der Waals surface area (Å²) in [7, 11) is 0. The van der Waals surface area contributed by atoms with Crippen LogP contribution >= 0.6 is 11.3 Å². The van der Waals surface area contributed by atoms with Crippen molar-refractivity contribution in [1.82, 2.24) is 4.98 Å². The van der Waals surface area contributed by atoms with E-state index in [0.29, 0.717) is 16.4 Å². The first-order valence-corrected chi connectivity index (χ1v) is 12.8. The average Bonchev–Trinajstić information content (AvgIpc) is 3.39. The zero-order valence-corrected chi connectivity index (χ0v) is 21.6. The first kappa shape index (κ1) is 25.5. The Bertz CT molecular complexity index is 1650. The predicted molar refractivity (Wildman–Crippen MR) is 153 cm³/mol. The molecule has 4 aromatic carbocycles. The van der Waals surface area contributed by atoms with Gasteiger partial charge >= 0.3 is 5.97 Å². The third-order valence-corrected chi connectivity index (χ3v) is 6.80. The number of para-hydroxylation sites is 1. The highest BCUT2D eigenvalue weighted by Crippen LogP contribution is 2.39. The number of benzene rings is 4. The largest absolute Gasteiger partial charge is 0.422 e. The summed E-state index contributed by atoms with van der Waals surface area (Å²) in [5.41, 5.74) is 7.78. The van der Waals surface area contributed by atoms with Crippen LogP contribution in [0.1, 0.15) is 21.5 Å². The van der Waals surface area contributed by atoms with Gasteiger partial charge in [-0.05, 0) is 36.8 Å². The van der Waals surface area contributed by atoms with Gasteiger partial charge in [-0.3, -0.25) is 15.5 Å². The van der Waals surface area contributed by atoms with Crippen molar-refractivity contribution in [3.05, 3.63) is 130 Å². The molecule has 0 amide bonds. The maximum absolute atomic E-state index is 12.6. The fourth-order valence-corrected chi connectivity index (χ4v) is 4.72. The molecule has 0 saturated heterocycles. The zero-order chi connectivity index (χ0) is 27.2. The molecule has 192 valence electrons. The molecule has 8 nitrogen and oxygen atoms in total. The van der Waals surface area contributed by atoms with Crippen LogP contribution in [0, 0.1) is 17.0 Å². The van der Waals surface area contributed by atoms with Gasteiger partial charge < -0.3 is 4.74 Å². The summed E-state index contributed by atoms with van der Waals surface area (Å²) in [6, 6.07) is 30.5. The standard InChI is InChI=1S/C30H22N4O4S/c1-20-11-13-21(14-12-20)27-28(22-7-3-2-4-8-22)39-30(32-27)33-31-19-24-9-5-6-10-26(24)38-29(35)23-15-17-25(18-16-23)34(36)37/h2-19H,1H3,(H,32,33)/b31-19-. The van der Waals surface area contributed by atoms with E-state index in [-0.39, 0.29) is 11.3 Å². The van der Waals surface area contributed by atoms with Crippen LogP contribution in [0.2, 0.25) is 0 Å². The SMILES string of the molecule is Cc1ccc(-c2nc(N/N=C\c3ccccc3OC(=O)c3ccc([N+](=O)[O-])cc3)sc2-c2ccccc2)cc1. The molecular formula is C30H22N4O4S. The lowest BCUT2D eigenvalue weighted by Gasteiger charge is -2.07. The van der Waals surface area contributed by atoms with Crippen molar-refractivity contribution in [3.8, 4) is 27.4 Å². The molecule has 1 N–H and O–H groups in total. The Balaban J connectivity index is 1.35.